The Hall–Kier alpha value is -1.80. The van der Waals surface area contributed by atoms with Crippen LogP contribution in [-0.2, 0) is 14.8 Å². The van der Waals surface area contributed by atoms with E-state index in [0.717, 1.165) is 19.3 Å². The number of sulfonamides is 1. The van der Waals surface area contributed by atoms with E-state index in [1.807, 2.05) is 0 Å². The second-order valence-electron chi connectivity index (χ2n) is 6.22. The van der Waals surface area contributed by atoms with Crippen molar-refractivity contribution in [2.45, 2.75) is 13.0 Å². The number of methoxy groups -OCH3 is 1. The first kappa shape index (κ1) is 18.5. The standard InChI is InChI=1S/C16H25N3O4S/c1-13(16(20)18-11-9-17(2)10-12-18)19(24(4,21)22)14-5-7-15(23-3)8-6-14/h5-8,13H,9-12H2,1-4H3/p+1/t13-/m1/s1. The number of anilines is 1. The summed E-state index contributed by atoms with van der Waals surface area (Å²) in [5.41, 5.74) is 0.457. The SMILES string of the molecule is COc1ccc(N([C@H](C)C(=O)N2CC[NH+](C)CC2)S(C)(=O)=O)cc1. The van der Waals surface area contributed by atoms with Crippen molar-refractivity contribution >= 4 is 21.6 Å². The summed E-state index contributed by atoms with van der Waals surface area (Å²) in [6, 6.07) is 5.88. The zero-order valence-electron chi connectivity index (χ0n) is 14.7. The van der Waals surface area contributed by atoms with Crippen LogP contribution in [0.25, 0.3) is 0 Å². The highest BCUT2D eigenvalue weighted by Gasteiger charge is 2.33. The number of amides is 1. The summed E-state index contributed by atoms with van der Waals surface area (Å²) in [6.45, 7) is 4.68. The fourth-order valence-electron chi connectivity index (χ4n) is 2.90. The Balaban J connectivity index is 2.25. The molecule has 1 fully saturated rings. The zero-order chi connectivity index (χ0) is 17.9. The lowest BCUT2D eigenvalue weighted by Crippen LogP contribution is -3.12. The first-order valence-electron chi connectivity index (χ1n) is 7.97. The fourth-order valence-corrected chi connectivity index (χ4v) is 4.07. The van der Waals surface area contributed by atoms with Crippen LogP contribution in [0.2, 0.25) is 0 Å². The molecule has 0 radical (unpaired) electrons. The molecule has 1 aliphatic heterocycles. The Labute approximate surface area is 143 Å². The van der Waals surface area contributed by atoms with E-state index in [2.05, 4.69) is 7.05 Å². The lowest BCUT2D eigenvalue weighted by Gasteiger charge is -2.35. The van der Waals surface area contributed by atoms with E-state index in [9.17, 15) is 13.2 Å². The van der Waals surface area contributed by atoms with E-state index < -0.39 is 16.1 Å². The number of piperazine rings is 1. The van der Waals surface area contributed by atoms with E-state index >= 15 is 0 Å². The van der Waals surface area contributed by atoms with Gasteiger partial charge in [-0.1, -0.05) is 0 Å². The summed E-state index contributed by atoms with van der Waals surface area (Å²) >= 11 is 0. The van der Waals surface area contributed by atoms with Crippen LogP contribution >= 0.6 is 0 Å². The van der Waals surface area contributed by atoms with E-state index in [1.54, 1.807) is 43.2 Å². The molecule has 134 valence electrons. The molecule has 1 aromatic rings. The molecule has 1 saturated heterocycles. The summed E-state index contributed by atoms with van der Waals surface area (Å²) in [4.78, 5) is 15.9. The predicted octanol–water partition coefficient (Wildman–Crippen LogP) is -0.793. The molecular formula is C16H26N3O4S+. The molecule has 1 heterocycles. The van der Waals surface area contributed by atoms with Crippen molar-refractivity contribution in [3.63, 3.8) is 0 Å². The molecule has 0 aliphatic carbocycles. The summed E-state index contributed by atoms with van der Waals surface area (Å²) in [5.74, 6) is 0.469. The van der Waals surface area contributed by atoms with Gasteiger partial charge in [-0.15, -0.1) is 0 Å². The smallest absolute Gasteiger partial charge is 0.246 e. The van der Waals surface area contributed by atoms with Crippen molar-refractivity contribution in [2.75, 3.05) is 50.9 Å². The number of carbonyl (C=O) groups is 1. The number of likely N-dealkylation sites (N-methyl/N-ethyl adjacent to an activating group) is 1. The number of hydrogen-bond acceptors (Lipinski definition) is 4. The first-order valence-corrected chi connectivity index (χ1v) is 9.82. The third-order valence-corrected chi connectivity index (χ3v) is 5.56. The van der Waals surface area contributed by atoms with Gasteiger partial charge in [-0.25, -0.2) is 8.42 Å². The summed E-state index contributed by atoms with van der Waals surface area (Å²) in [6.07, 6.45) is 1.12. The van der Waals surface area contributed by atoms with Gasteiger partial charge in [0.1, 0.15) is 11.8 Å². The second-order valence-corrected chi connectivity index (χ2v) is 8.07. The van der Waals surface area contributed by atoms with Gasteiger partial charge in [0.15, 0.2) is 0 Å². The van der Waals surface area contributed by atoms with Crippen LogP contribution in [0.1, 0.15) is 6.92 Å². The summed E-state index contributed by atoms with van der Waals surface area (Å²) in [7, 11) is 0.0438. The fraction of sp³-hybridized carbons (Fsp3) is 0.562. The van der Waals surface area contributed by atoms with Crippen LogP contribution in [-0.4, -0.2) is 71.9 Å². The maximum absolute atomic E-state index is 12.8. The minimum atomic E-state index is -3.59. The largest absolute Gasteiger partial charge is 0.497 e. The average Bonchev–Trinajstić information content (AvgIpc) is 2.54. The number of nitrogens with zero attached hydrogens (tertiary/aromatic N) is 2. The van der Waals surface area contributed by atoms with E-state index in [0.29, 0.717) is 24.5 Å². The van der Waals surface area contributed by atoms with Gasteiger partial charge in [-0.2, -0.15) is 0 Å². The van der Waals surface area contributed by atoms with Crippen molar-refractivity contribution in [3.8, 4) is 5.75 Å². The number of quaternary nitrogens is 1. The summed E-state index contributed by atoms with van der Waals surface area (Å²) < 4.78 is 30.9. The third kappa shape index (κ3) is 4.18. The van der Waals surface area contributed by atoms with Crippen LogP contribution in [0.15, 0.2) is 24.3 Å². The molecule has 8 heteroatoms. The number of ether oxygens (including phenoxy) is 1. The highest BCUT2D eigenvalue weighted by atomic mass is 32.2. The zero-order valence-corrected chi connectivity index (χ0v) is 15.5. The Morgan fingerprint density at radius 3 is 2.25 bits per heavy atom. The molecule has 1 atom stereocenters. The van der Waals surface area contributed by atoms with Crippen LogP contribution in [0.4, 0.5) is 5.69 Å². The van der Waals surface area contributed by atoms with Gasteiger partial charge in [-0.3, -0.25) is 9.10 Å². The van der Waals surface area contributed by atoms with E-state index in [4.69, 9.17) is 4.74 Å². The van der Waals surface area contributed by atoms with Gasteiger partial charge in [0.05, 0.1) is 52.3 Å². The van der Waals surface area contributed by atoms with Gasteiger partial charge >= 0.3 is 0 Å². The van der Waals surface area contributed by atoms with E-state index in [-0.39, 0.29) is 5.91 Å². The van der Waals surface area contributed by atoms with Crippen molar-refractivity contribution in [2.24, 2.45) is 0 Å². The van der Waals surface area contributed by atoms with Gasteiger partial charge < -0.3 is 14.5 Å². The molecule has 1 aliphatic rings. The highest BCUT2D eigenvalue weighted by Crippen LogP contribution is 2.24. The minimum absolute atomic E-state index is 0.163. The van der Waals surface area contributed by atoms with Crippen LogP contribution in [0, 0.1) is 0 Å². The number of benzene rings is 1. The van der Waals surface area contributed by atoms with Crippen LogP contribution in [0.5, 0.6) is 5.75 Å². The molecule has 2 rings (SSSR count). The molecule has 1 N–H and O–H groups in total. The Kier molecular flexibility index (Phi) is 5.71. The molecule has 0 bridgehead atoms. The monoisotopic (exact) mass is 356 g/mol. The molecule has 7 nitrogen and oxygen atoms in total. The number of nitrogens with one attached hydrogen (secondary N) is 1. The van der Waals surface area contributed by atoms with Crippen LogP contribution < -0.4 is 13.9 Å². The number of carbonyl (C=O) groups excluding carboxylic acids is 1. The average molecular weight is 356 g/mol. The molecule has 1 aromatic carbocycles. The lowest BCUT2D eigenvalue weighted by atomic mass is 10.2. The second kappa shape index (κ2) is 7.40. The molecular weight excluding hydrogens is 330 g/mol. The minimum Gasteiger partial charge on any atom is -0.497 e. The van der Waals surface area contributed by atoms with E-state index in [1.165, 1.54) is 9.21 Å². The molecule has 24 heavy (non-hydrogen) atoms. The van der Waals surface area contributed by atoms with Crippen molar-refractivity contribution < 1.29 is 22.8 Å². The number of rotatable bonds is 5. The van der Waals surface area contributed by atoms with Gasteiger partial charge in [0.25, 0.3) is 0 Å². The molecule has 0 unspecified atom stereocenters. The van der Waals surface area contributed by atoms with Crippen molar-refractivity contribution in [1.29, 1.82) is 0 Å². The Bertz CT molecular complexity index is 667. The Morgan fingerprint density at radius 2 is 1.79 bits per heavy atom. The maximum Gasteiger partial charge on any atom is 0.246 e. The molecule has 0 aromatic heterocycles. The van der Waals surface area contributed by atoms with Crippen LogP contribution in [0.3, 0.4) is 0 Å². The normalized spacial score (nSPS) is 17.4. The molecule has 0 spiro atoms. The highest BCUT2D eigenvalue weighted by molar-refractivity contribution is 7.92. The van der Waals surface area contributed by atoms with Crippen molar-refractivity contribution in [3.05, 3.63) is 24.3 Å². The quantitative estimate of drug-likeness (QED) is 0.750. The maximum atomic E-state index is 12.8. The van der Waals surface area contributed by atoms with Gasteiger partial charge in [-0.05, 0) is 31.2 Å². The predicted molar refractivity (Wildman–Crippen MR) is 93.0 cm³/mol. The Morgan fingerprint density at radius 1 is 1.25 bits per heavy atom. The number of hydrogen-bond donors (Lipinski definition) is 1. The first-order chi connectivity index (χ1) is 11.2. The molecule has 0 saturated carbocycles. The topological polar surface area (TPSA) is 71.4 Å². The van der Waals surface area contributed by atoms with Crippen molar-refractivity contribution in [1.82, 2.24) is 4.90 Å². The van der Waals surface area contributed by atoms with Gasteiger partial charge in [0.2, 0.25) is 15.9 Å². The summed E-state index contributed by atoms with van der Waals surface area (Å²) in [5, 5.41) is 0. The third-order valence-electron chi connectivity index (χ3n) is 4.32. The lowest BCUT2D eigenvalue weighted by molar-refractivity contribution is -0.883. The van der Waals surface area contributed by atoms with Gasteiger partial charge in [0, 0.05) is 0 Å². The molecule has 1 amide bonds.